The van der Waals surface area contributed by atoms with E-state index in [2.05, 4.69) is 10.6 Å². The van der Waals surface area contributed by atoms with E-state index < -0.39 is 21.5 Å². The number of amides is 1. The van der Waals surface area contributed by atoms with Crippen LogP contribution < -0.4 is 10.6 Å². The number of benzene rings is 1. The summed E-state index contributed by atoms with van der Waals surface area (Å²) in [4.78, 5) is 11.8. The molecule has 0 atom stereocenters. The Morgan fingerprint density at radius 3 is 2.50 bits per heavy atom. The maximum absolute atomic E-state index is 12.1. The lowest BCUT2D eigenvalue weighted by molar-refractivity contribution is -0.118. The van der Waals surface area contributed by atoms with Crippen molar-refractivity contribution in [3.8, 4) is 0 Å². The van der Waals surface area contributed by atoms with E-state index in [9.17, 15) is 13.2 Å². The van der Waals surface area contributed by atoms with Crippen molar-refractivity contribution in [2.75, 3.05) is 18.8 Å². The largest absolute Gasteiger partial charge is 0.351 e. The Balaban J connectivity index is 1.84. The summed E-state index contributed by atoms with van der Waals surface area (Å²) in [5.74, 6) is -0.836. The first-order valence-electron chi connectivity index (χ1n) is 6.81. The van der Waals surface area contributed by atoms with E-state index in [0.29, 0.717) is 32.5 Å². The summed E-state index contributed by atoms with van der Waals surface area (Å²) in [6, 6.07) is 9.44. The van der Waals surface area contributed by atoms with Crippen LogP contribution in [0.4, 0.5) is 0 Å². The van der Waals surface area contributed by atoms with Crippen molar-refractivity contribution < 1.29 is 13.2 Å². The van der Waals surface area contributed by atoms with Crippen LogP contribution in [0, 0.1) is 0 Å². The molecule has 1 aliphatic rings. The Hall–Kier alpha value is -1.40. The normalized spacial score (nSPS) is 16.8. The molecule has 1 fully saturated rings. The molecule has 5 nitrogen and oxygen atoms in total. The highest BCUT2D eigenvalue weighted by molar-refractivity contribution is 7.92. The summed E-state index contributed by atoms with van der Waals surface area (Å²) >= 11 is 0. The van der Waals surface area contributed by atoms with Crippen molar-refractivity contribution >= 4 is 15.7 Å². The van der Waals surface area contributed by atoms with E-state index in [1.807, 2.05) is 30.3 Å². The molecule has 0 unspecified atom stereocenters. The Bertz CT molecular complexity index is 537. The number of carbonyl (C=O) groups excluding carboxylic acids is 1. The van der Waals surface area contributed by atoms with Gasteiger partial charge in [0.25, 0.3) is 0 Å². The fourth-order valence-corrected chi connectivity index (χ4v) is 3.96. The molecule has 1 aromatic rings. The quantitative estimate of drug-likeness (QED) is 0.828. The lowest BCUT2D eigenvalue weighted by Crippen LogP contribution is -2.40. The van der Waals surface area contributed by atoms with Crippen molar-refractivity contribution in [1.29, 1.82) is 0 Å². The van der Waals surface area contributed by atoms with E-state index in [4.69, 9.17) is 0 Å². The van der Waals surface area contributed by atoms with Crippen molar-refractivity contribution in [1.82, 2.24) is 10.6 Å². The summed E-state index contributed by atoms with van der Waals surface area (Å²) in [6.45, 7) is 1.77. The number of sulfone groups is 1. The molecule has 1 aliphatic heterocycles. The summed E-state index contributed by atoms with van der Waals surface area (Å²) in [5.41, 5.74) is 0.958. The van der Waals surface area contributed by atoms with Crippen molar-refractivity contribution in [3.63, 3.8) is 0 Å². The lowest BCUT2D eigenvalue weighted by atomic mass is 10.2. The number of nitrogens with one attached hydrogen (secondary N) is 2. The van der Waals surface area contributed by atoms with Gasteiger partial charge in [0, 0.05) is 6.54 Å². The monoisotopic (exact) mass is 296 g/mol. The van der Waals surface area contributed by atoms with Gasteiger partial charge >= 0.3 is 0 Å². The van der Waals surface area contributed by atoms with Crippen LogP contribution in [0.25, 0.3) is 0 Å². The molecular formula is C14H20N2O3S. The fraction of sp³-hybridized carbons (Fsp3) is 0.500. The highest BCUT2D eigenvalue weighted by atomic mass is 32.2. The lowest BCUT2D eigenvalue weighted by Gasteiger charge is -2.22. The molecule has 1 heterocycles. The molecule has 0 aliphatic carbocycles. The van der Waals surface area contributed by atoms with Gasteiger partial charge in [-0.3, -0.25) is 4.79 Å². The Kier molecular flexibility index (Phi) is 5.14. The number of rotatable bonds is 5. The number of carbonyl (C=O) groups is 1. The van der Waals surface area contributed by atoms with Crippen LogP contribution in [-0.4, -0.2) is 38.4 Å². The van der Waals surface area contributed by atoms with Gasteiger partial charge in [-0.25, -0.2) is 8.42 Å². The second-order valence-electron chi connectivity index (χ2n) is 5.02. The molecule has 1 saturated heterocycles. The highest BCUT2D eigenvalue weighted by Crippen LogP contribution is 2.14. The summed E-state index contributed by atoms with van der Waals surface area (Å²) in [6.07, 6.45) is 1.18. The summed E-state index contributed by atoms with van der Waals surface area (Å²) < 4.78 is 24.2. The van der Waals surface area contributed by atoms with Gasteiger partial charge in [0.15, 0.2) is 9.84 Å². The molecule has 2 N–H and O–H groups in total. The van der Waals surface area contributed by atoms with Gasteiger partial charge in [-0.15, -0.1) is 0 Å². The first-order valence-corrected chi connectivity index (χ1v) is 8.52. The third-order valence-corrected chi connectivity index (χ3v) is 5.61. The molecule has 1 aromatic carbocycles. The molecule has 20 heavy (non-hydrogen) atoms. The first-order chi connectivity index (χ1) is 9.58. The SMILES string of the molecule is O=C(CS(=O)(=O)C1CCNCC1)NCc1ccccc1. The number of hydrogen-bond donors (Lipinski definition) is 2. The zero-order valence-corrected chi connectivity index (χ0v) is 12.2. The predicted molar refractivity (Wildman–Crippen MR) is 78.0 cm³/mol. The van der Waals surface area contributed by atoms with Crippen LogP contribution in [0.2, 0.25) is 0 Å². The molecule has 6 heteroatoms. The minimum absolute atomic E-state index is 0.363. The maximum atomic E-state index is 12.1. The molecule has 0 radical (unpaired) electrons. The molecule has 0 aromatic heterocycles. The molecule has 1 amide bonds. The number of piperidine rings is 1. The highest BCUT2D eigenvalue weighted by Gasteiger charge is 2.29. The topological polar surface area (TPSA) is 75.3 Å². The summed E-state index contributed by atoms with van der Waals surface area (Å²) in [5, 5.41) is 5.40. The van der Waals surface area contributed by atoms with Gasteiger partial charge in [0.2, 0.25) is 5.91 Å². The Labute approximate surface area is 119 Å². The molecule has 0 saturated carbocycles. The van der Waals surface area contributed by atoms with Crippen LogP contribution in [0.5, 0.6) is 0 Å². The fourth-order valence-electron chi connectivity index (χ4n) is 2.30. The van der Waals surface area contributed by atoms with Gasteiger partial charge in [0.1, 0.15) is 5.75 Å². The van der Waals surface area contributed by atoms with Crippen LogP contribution >= 0.6 is 0 Å². The van der Waals surface area contributed by atoms with Crippen LogP contribution in [-0.2, 0) is 21.2 Å². The van der Waals surface area contributed by atoms with Crippen molar-refractivity contribution in [3.05, 3.63) is 35.9 Å². The second kappa shape index (κ2) is 6.85. The van der Waals surface area contributed by atoms with Crippen molar-refractivity contribution in [2.45, 2.75) is 24.6 Å². The Morgan fingerprint density at radius 1 is 1.20 bits per heavy atom. The molecule has 0 bridgehead atoms. The smallest absolute Gasteiger partial charge is 0.235 e. The standard InChI is InChI=1S/C14H20N2O3S/c17-14(16-10-12-4-2-1-3-5-12)11-20(18,19)13-6-8-15-9-7-13/h1-5,13,15H,6-11H2,(H,16,17). The van der Waals surface area contributed by atoms with E-state index in [-0.39, 0.29) is 5.25 Å². The van der Waals surface area contributed by atoms with Gasteiger partial charge in [-0.1, -0.05) is 30.3 Å². The van der Waals surface area contributed by atoms with Gasteiger partial charge in [-0.05, 0) is 31.5 Å². The second-order valence-corrected chi connectivity index (χ2v) is 7.30. The average molecular weight is 296 g/mol. The maximum Gasteiger partial charge on any atom is 0.235 e. The average Bonchev–Trinajstić information content (AvgIpc) is 2.47. The minimum atomic E-state index is -3.34. The van der Waals surface area contributed by atoms with Crippen LogP contribution in [0.15, 0.2) is 30.3 Å². The van der Waals surface area contributed by atoms with E-state index in [1.165, 1.54) is 0 Å². The van der Waals surface area contributed by atoms with Crippen molar-refractivity contribution in [2.24, 2.45) is 0 Å². The molecule has 0 spiro atoms. The first kappa shape index (κ1) is 15.0. The van der Waals surface area contributed by atoms with Gasteiger partial charge < -0.3 is 10.6 Å². The molecular weight excluding hydrogens is 276 g/mol. The van der Waals surface area contributed by atoms with Gasteiger partial charge in [0.05, 0.1) is 5.25 Å². The van der Waals surface area contributed by atoms with Gasteiger partial charge in [-0.2, -0.15) is 0 Å². The summed E-state index contributed by atoms with van der Waals surface area (Å²) in [7, 11) is -3.34. The van der Waals surface area contributed by atoms with Crippen LogP contribution in [0.1, 0.15) is 18.4 Å². The zero-order chi connectivity index (χ0) is 14.4. The van der Waals surface area contributed by atoms with Crippen LogP contribution in [0.3, 0.4) is 0 Å². The third-order valence-electron chi connectivity index (χ3n) is 3.46. The molecule has 110 valence electrons. The third kappa shape index (κ3) is 4.31. The minimum Gasteiger partial charge on any atom is -0.351 e. The number of hydrogen-bond acceptors (Lipinski definition) is 4. The van der Waals surface area contributed by atoms with E-state index in [0.717, 1.165) is 5.56 Å². The van der Waals surface area contributed by atoms with E-state index in [1.54, 1.807) is 0 Å². The predicted octanol–water partition coefficient (Wildman–Crippen LogP) is 0.470. The van der Waals surface area contributed by atoms with E-state index >= 15 is 0 Å². The zero-order valence-electron chi connectivity index (χ0n) is 11.3. The Morgan fingerprint density at radius 2 is 1.85 bits per heavy atom. The molecule has 2 rings (SSSR count).